The molecular formula is C35H49N5O7S. The minimum atomic E-state index is -1.27. The van der Waals surface area contributed by atoms with Crippen molar-refractivity contribution < 1.29 is 33.4 Å². The largest absolute Gasteiger partial charge is 0.460 e. The lowest BCUT2D eigenvalue weighted by Crippen LogP contribution is -2.56. The molecule has 0 aliphatic rings. The molecule has 4 amide bonds. The van der Waals surface area contributed by atoms with Crippen LogP contribution in [0.15, 0.2) is 60.0 Å². The Bertz CT molecular complexity index is 1490. The lowest BCUT2D eigenvalue weighted by Gasteiger charge is -2.36. The second-order valence-corrected chi connectivity index (χ2v) is 13.2. The first-order valence-corrected chi connectivity index (χ1v) is 17.0. The lowest BCUT2D eigenvalue weighted by molar-refractivity contribution is -0.180. The van der Waals surface area contributed by atoms with Crippen molar-refractivity contribution in [3.63, 3.8) is 0 Å². The molecule has 2 aromatic carbocycles. The summed E-state index contributed by atoms with van der Waals surface area (Å²) in [6.45, 7) is 11.6. The maximum Gasteiger partial charge on any atom is 0.329 e. The van der Waals surface area contributed by atoms with E-state index in [1.165, 1.54) is 12.1 Å². The molecule has 0 fully saturated rings. The van der Waals surface area contributed by atoms with Gasteiger partial charge in [-0.15, -0.1) is 11.3 Å². The summed E-state index contributed by atoms with van der Waals surface area (Å²) in [5.41, 5.74) is 3.62. The Morgan fingerprint density at radius 3 is 2.23 bits per heavy atom. The lowest BCUT2D eigenvalue weighted by atomic mass is 10.1. The third-order valence-electron chi connectivity index (χ3n) is 7.13. The zero-order valence-corrected chi connectivity index (χ0v) is 29.7. The number of amides is 4. The first kappa shape index (κ1) is 38.4. The predicted octanol–water partition coefficient (Wildman–Crippen LogP) is 4.58. The number of nitrogens with zero attached hydrogens (tertiary/aromatic N) is 2. The van der Waals surface area contributed by atoms with Crippen LogP contribution in [0.2, 0.25) is 0 Å². The number of esters is 1. The standard InChI is InChI=1S/C35H49N5O7S/c1-8-45-33(46-9-2)24(3)40(21-26-23-48-29-18-14-13-17-27(26)29)32(43)28(19-31(42)47-35(4,5)6)37-30(41)22-39(7)38-34(44)36-20-25-15-11-10-12-16-25/h10-18,23-24,28,33H,8-9,19-22H2,1-7H3,(H,37,41)(H2,36,38,44)/t24-,28-/m0/s1. The Labute approximate surface area is 287 Å². The summed E-state index contributed by atoms with van der Waals surface area (Å²) in [6.07, 6.45) is -1.16. The molecular weight excluding hydrogens is 634 g/mol. The van der Waals surface area contributed by atoms with E-state index in [9.17, 15) is 19.2 Å². The number of carbonyl (C=O) groups excluding carboxylic acids is 4. The van der Waals surface area contributed by atoms with E-state index in [0.717, 1.165) is 21.2 Å². The highest BCUT2D eigenvalue weighted by atomic mass is 32.1. The van der Waals surface area contributed by atoms with Crippen molar-refractivity contribution in [1.82, 2.24) is 26.0 Å². The van der Waals surface area contributed by atoms with Crippen LogP contribution in [-0.4, -0.2) is 84.5 Å². The topological polar surface area (TPSA) is 139 Å². The summed E-state index contributed by atoms with van der Waals surface area (Å²) in [4.78, 5) is 54.9. The van der Waals surface area contributed by atoms with E-state index in [1.54, 1.807) is 37.0 Å². The van der Waals surface area contributed by atoms with Gasteiger partial charge in [0, 0.05) is 38.1 Å². The van der Waals surface area contributed by atoms with Crippen molar-refractivity contribution in [2.75, 3.05) is 26.8 Å². The number of nitrogens with one attached hydrogen (secondary N) is 3. The summed E-state index contributed by atoms with van der Waals surface area (Å²) in [5, 5.41) is 9.76. The van der Waals surface area contributed by atoms with Gasteiger partial charge in [-0.2, -0.15) is 0 Å². The van der Waals surface area contributed by atoms with Crippen molar-refractivity contribution in [2.24, 2.45) is 0 Å². The maximum atomic E-state index is 14.5. The number of benzene rings is 2. The molecule has 1 heterocycles. The summed E-state index contributed by atoms with van der Waals surface area (Å²) < 4.78 is 18.4. The minimum absolute atomic E-state index is 0.185. The number of fused-ring (bicyclic) bond motifs is 1. The van der Waals surface area contributed by atoms with Crippen molar-refractivity contribution in [1.29, 1.82) is 0 Å². The van der Waals surface area contributed by atoms with Crippen LogP contribution in [0.5, 0.6) is 0 Å². The van der Waals surface area contributed by atoms with Gasteiger partial charge in [0.25, 0.3) is 0 Å². The zero-order chi connectivity index (χ0) is 35.3. The average Bonchev–Trinajstić information content (AvgIpc) is 3.43. The fourth-order valence-electron chi connectivity index (χ4n) is 5.00. The Morgan fingerprint density at radius 2 is 1.58 bits per heavy atom. The van der Waals surface area contributed by atoms with Crippen molar-refractivity contribution in [3.8, 4) is 0 Å². The van der Waals surface area contributed by atoms with Crippen LogP contribution in [0.1, 0.15) is 59.1 Å². The normalized spacial score (nSPS) is 12.9. The van der Waals surface area contributed by atoms with Gasteiger partial charge in [0.2, 0.25) is 11.8 Å². The van der Waals surface area contributed by atoms with Crippen molar-refractivity contribution in [2.45, 2.75) is 85.0 Å². The van der Waals surface area contributed by atoms with Crippen LogP contribution < -0.4 is 16.1 Å². The summed E-state index contributed by atoms with van der Waals surface area (Å²) >= 11 is 1.57. The molecule has 3 rings (SSSR count). The molecule has 3 N–H and O–H groups in total. The van der Waals surface area contributed by atoms with E-state index in [4.69, 9.17) is 14.2 Å². The molecule has 48 heavy (non-hydrogen) atoms. The third kappa shape index (κ3) is 12.2. The van der Waals surface area contributed by atoms with Crippen LogP contribution >= 0.6 is 11.3 Å². The quantitative estimate of drug-likeness (QED) is 0.107. The second-order valence-electron chi connectivity index (χ2n) is 12.3. The Morgan fingerprint density at radius 1 is 0.938 bits per heavy atom. The van der Waals surface area contributed by atoms with E-state index >= 15 is 0 Å². The molecule has 0 saturated heterocycles. The molecule has 0 radical (unpaired) electrons. The Kier molecular flexibility index (Phi) is 14.8. The zero-order valence-electron chi connectivity index (χ0n) is 28.9. The first-order valence-electron chi connectivity index (χ1n) is 16.1. The summed E-state index contributed by atoms with van der Waals surface area (Å²) in [6, 6.07) is 14.9. The number of ether oxygens (including phenoxy) is 3. The molecule has 3 aromatic rings. The van der Waals surface area contributed by atoms with E-state index in [1.807, 2.05) is 80.7 Å². The monoisotopic (exact) mass is 683 g/mol. The smallest absolute Gasteiger partial charge is 0.329 e. The highest BCUT2D eigenvalue weighted by Crippen LogP contribution is 2.28. The molecule has 13 heteroatoms. The highest BCUT2D eigenvalue weighted by molar-refractivity contribution is 7.17. The van der Waals surface area contributed by atoms with Gasteiger partial charge in [-0.25, -0.2) is 9.80 Å². The molecule has 262 valence electrons. The van der Waals surface area contributed by atoms with E-state index in [-0.39, 0.29) is 13.1 Å². The van der Waals surface area contributed by atoms with Gasteiger partial charge in [-0.1, -0.05) is 48.5 Å². The molecule has 0 aliphatic heterocycles. The van der Waals surface area contributed by atoms with Gasteiger partial charge >= 0.3 is 12.0 Å². The SMILES string of the molecule is CCOC(OCC)[C@H](C)N(Cc1csc2ccccc12)C(=O)[C@H](CC(=O)OC(C)(C)C)NC(=O)CN(C)NC(=O)NCc1ccccc1. The third-order valence-corrected chi connectivity index (χ3v) is 8.14. The van der Waals surface area contributed by atoms with E-state index in [0.29, 0.717) is 19.8 Å². The number of hydrogen-bond donors (Lipinski definition) is 3. The average molecular weight is 684 g/mol. The van der Waals surface area contributed by atoms with Gasteiger partial charge in [-0.05, 0) is 69.5 Å². The van der Waals surface area contributed by atoms with Crippen LogP contribution in [0.25, 0.3) is 10.1 Å². The van der Waals surface area contributed by atoms with Gasteiger partial charge in [0.1, 0.15) is 11.6 Å². The minimum Gasteiger partial charge on any atom is -0.460 e. The number of carbonyl (C=O) groups is 4. The Balaban J connectivity index is 1.83. The van der Waals surface area contributed by atoms with E-state index in [2.05, 4.69) is 16.1 Å². The van der Waals surface area contributed by atoms with Crippen LogP contribution in [0.4, 0.5) is 4.79 Å². The number of hydrazine groups is 1. The number of urea groups is 1. The van der Waals surface area contributed by atoms with Gasteiger partial charge in [0.15, 0.2) is 6.29 Å². The maximum absolute atomic E-state index is 14.5. The van der Waals surface area contributed by atoms with Crippen LogP contribution in [0, 0.1) is 0 Å². The molecule has 12 nitrogen and oxygen atoms in total. The first-order chi connectivity index (χ1) is 22.8. The summed E-state index contributed by atoms with van der Waals surface area (Å²) in [5.74, 6) is -1.73. The fraction of sp³-hybridized carbons (Fsp3) is 0.486. The second kappa shape index (κ2) is 18.5. The molecule has 0 bridgehead atoms. The fourth-order valence-corrected chi connectivity index (χ4v) is 5.95. The highest BCUT2D eigenvalue weighted by Gasteiger charge is 2.36. The summed E-state index contributed by atoms with van der Waals surface area (Å²) in [7, 11) is 1.53. The molecule has 0 unspecified atom stereocenters. The predicted molar refractivity (Wildman–Crippen MR) is 186 cm³/mol. The van der Waals surface area contributed by atoms with Gasteiger partial charge < -0.3 is 29.7 Å². The van der Waals surface area contributed by atoms with Gasteiger partial charge in [0.05, 0.1) is 19.0 Å². The van der Waals surface area contributed by atoms with E-state index < -0.39 is 54.2 Å². The molecule has 0 saturated carbocycles. The Hall–Kier alpha value is -4.04. The molecule has 0 spiro atoms. The molecule has 2 atom stereocenters. The number of thiophene rings is 1. The van der Waals surface area contributed by atoms with Crippen molar-refractivity contribution >= 4 is 45.2 Å². The number of likely N-dealkylation sites (N-methyl/N-ethyl adjacent to an activating group) is 1. The van der Waals surface area contributed by atoms with Crippen molar-refractivity contribution in [3.05, 3.63) is 71.1 Å². The molecule has 1 aromatic heterocycles. The van der Waals surface area contributed by atoms with Crippen LogP contribution in [-0.2, 0) is 41.7 Å². The van der Waals surface area contributed by atoms with Crippen LogP contribution in [0.3, 0.4) is 0 Å². The number of rotatable bonds is 17. The number of hydrogen-bond acceptors (Lipinski definition) is 9. The molecule has 0 aliphatic carbocycles. The van der Waals surface area contributed by atoms with Gasteiger partial charge in [-0.3, -0.25) is 19.8 Å².